The number of carbonyl (C=O) groups excluding carboxylic acids is 1. The molecule has 0 aromatic carbocycles. The maximum absolute atomic E-state index is 11.7. The van der Waals surface area contributed by atoms with Gasteiger partial charge in [0, 0.05) is 4.88 Å². The van der Waals surface area contributed by atoms with Crippen LogP contribution in [0, 0.1) is 0 Å². The van der Waals surface area contributed by atoms with Crippen LogP contribution in [0.4, 0.5) is 0 Å². The predicted molar refractivity (Wildman–Crippen MR) is 68.0 cm³/mol. The Bertz CT molecular complexity index is 579. The fourth-order valence-electron chi connectivity index (χ4n) is 1.37. The van der Waals surface area contributed by atoms with E-state index in [-0.39, 0.29) is 5.69 Å². The first-order valence-electron chi connectivity index (χ1n) is 5.52. The van der Waals surface area contributed by atoms with Crippen LogP contribution in [-0.4, -0.2) is 38.0 Å². The van der Waals surface area contributed by atoms with Gasteiger partial charge in [0.05, 0.1) is 12.7 Å². The third-order valence-corrected chi connectivity index (χ3v) is 3.25. The number of amides is 1. The molecular weight excluding hydrogens is 268 g/mol. The Hall–Kier alpha value is -2.22. The highest BCUT2D eigenvalue weighted by atomic mass is 32.1. The summed E-state index contributed by atoms with van der Waals surface area (Å²) in [5.74, 6) is -1.65. The second-order valence-corrected chi connectivity index (χ2v) is 4.95. The highest BCUT2D eigenvalue weighted by Gasteiger charge is 2.17. The van der Waals surface area contributed by atoms with Gasteiger partial charge in [-0.1, -0.05) is 11.3 Å². The van der Waals surface area contributed by atoms with Crippen LogP contribution in [0.2, 0.25) is 0 Å². The maximum Gasteiger partial charge on any atom is 0.325 e. The number of nitrogens with one attached hydrogen (secondary N) is 1. The highest BCUT2D eigenvalue weighted by molar-refractivity contribution is 7.09. The number of hydrogen-bond donors (Lipinski definition) is 2. The molecule has 2 rings (SSSR count). The standard InChI is InChI=1S/C11H12N4O3S/c1-7(11(17)18)12-10(16)9-6-15(14-13-9)5-8-3-2-4-19-8/h2-4,6-7H,5H2,1H3,(H,12,16)(H,17,18)/t7-/m0/s1. The summed E-state index contributed by atoms with van der Waals surface area (Å²) in [4.78, 5) is 23.4. The van der Waals surface area contributed by atoms with E-state index in [1.807, 2.05) is 17.5 Å². The summed E-state index contributed by atoms with van der Waals surface area (Å²) in [6.45, 7) is 1.92. The number of carbonyl (C=O) groups is 2. The topological polar surface area (TPSA) is 97.1 Å². The summed E-state index contributed by atoms with van der Waals surface area (Å²) in [6, 6.07) is 2.92. The molecule has 2 aromatic heterocycles. The molecule has 0 unspecified atom stereocenters. The first-order chi connectivity index (χ1) is 9.06. The lowest BCUT2D eigenvalue weighted by molar-refractivity contribution is -0.138. The normalized spacial score (nSPS) is 12.1. The van der Waals surface area contributed by atoms with Crippen LogP contribution in [0.5, 0.6) is 0 Å². The number of nitrogens with zero attached hydrogens (tertiary/aromatic N) is 3. The van der Waals surface area contributed by atoms with E-state index in [1.165, 1.54) is 17.8 Å². The molecule has 0 spiro atoms. The second kappa shape index (κ2) is 5.61. The molecule has 2 heterocycles. The van der Waals surface area contributed by atoms with Crippen molar-refractivity contribution < 1.29 is 14.7 Å². The highest BCUT2D eigenvalue weighted by Crippen LogP contribution is 2.09. The van der Waals surface area contributed by atoms with Crippen molar-refractivity contribution in [1.82, 2.24) is 20.3 Å². The zero-order valence-electron chi connectivity index (χ0n) is 10.1. The molecule has 0 bridgehead atoms. The lowest BCUT2D eigenvalue weighted by Gasteiger charge is -2.06. The van der Waals surface area contributed by atoms with Gasteiger partial charge in [0.1, 0.15) is 6.04 Å². The minimum Gasteiger partial charge on any atom is -0.480 e. The minimum atomic E-state index is -1.10. The van der Waals surface area contributed by atoms with Gasteiger partial charge < -0.3 is 10.4 Å². The summed E-state index contributed by atoms with van der Waals surface area (Å²) in [5.41, 5.74) is 0.102. The van der Waals surface area contributed by atoms with Gasteiger partial charge in [0.25, 0.3) is 5.91 Å². The van der Waals surface area contributed by atoms with E-state index in [0.29, 0.717) is 6.54 Å². The SMILES string of the molecule is C[C@H](NC(=O)c1cn(Cc2cccs2)nn1)C(=O)O. The van der Waals surface area contributed by atoms with Crippen molar-refractivity contribution in [3.8, 4) is 0 Å². The molecule has 0 radical (unpaired) electrons. The lowest BCUT2D eigenvalue weighted by atomic mass is 10.3. The third-order valence-electron chi connectivity index (χ3n) is 2.39. The van der Waals surface area contributed by atoms with E-state index in [9.17, 15) is 9.59 Å². The van der Waals surface area contributed by atoms with Gasteiger partial charge in [0.15, 0.2) is 5.69 Å². The molecule has 0 aliphatic rings. The predicted octanol–water partition coefficient (Wildman–Crippen LogP) is 0.591. The second-order valence-electron chi connectivity index (χ2n) is 3.91. The quantitative estimate of drug-likeness (QED) is 0.835. The van der Waals surface area contributed by atoms with E-state index in [0.717, 1.165) is 4.88 Å². The van der Waals surface area contributed by atoms with E-state index in [4.69, 9.17) is 5.11 Å². The van der Waals surface area contributed by atoms with Crippen molar-refractivity contribution in [2.24, 2.45) is 0 Å². The Balaban J connectivity index is 2.00. The van der Waals surface area contributed by atoms with Crippen LogP contribution in [0.15, 0.2) is 23.7 Å². The van der Waals surface area contributed by atoms with E-state index >= 15 is 0 Å². The van der Waals surface area contributed by atoms with Gasteiger partial charge in [-0.25, -0.2) is 4.68 Å². The molecule has 8 heteroatoms. The van der Waals surface area contributed by atoms with Gasteiger partial charge in [-0.15, -0.1) is 16.4 Å². The summed E-state index contributed by atoms with van der Waals surface area (Å²) < 4.78 is 1.53. The summed E-state index contributed by atoms with van der Waals surface area (Å²) in [6.07, 6.45) is 1.49. The maximum atomic E-state index is 11.7. The molecule has 0 saturated carbocycles. The molecule has 0 aliphatic heterocycles. The largest absolute Gasteiger partial charge is 0.480 e. The lowest BCUT2D eigenvalue weighted by Crippen LogP contribution is -2.38. The number of rotatable bonds is 5. The van der Waals surface area contributed by atoms with Crippen LogP contribution in [-0.2, 0) is 11.3 Å². The third kappa shape index (κ3) is 3.38. The van der Waals surface area contributed by atoms with Crippen molar-refractivity contribution in [3.63, 3.8) is 0 Å². The number of thiophene rings is 1. The minimum absolute atomic E-state index is 0.102. The fourth-order valence-corrected chi connectivity index (χ4v) is 2.07. The zero-order chi connectivity index (χ0) is 13.8. The Morgan fingerprint density at radius 2 is 2.37 bits per heavy atom. The monoisotopic (exact) mass is 280 g/mol. The molecule has 7 nitrogen and oxygen atoms in total. The van der Waals surface area contributed by atoms with Gasteiger partial charge in [-0.2, -0.15) is 0 Å². The van der Waals surface area contributed by atoms with Crippen molar-refractivity contribution in [3.05, 3.63) is 34.3 Å². The van der Waals surface area contributed by atoms with Gasteiger partial charge in [-0.3, -0.25) is 9.59 Å². The van der Waals surface area contributed by atoms with Crippen LogP contribution in [0.1, 0.15) is 22.3 Å². The average molecular weight is 280 g/mol. The summed E-state index contributed by atoms with van der Waals surface area (Å²) in [5, 5.41) is 20.5. The number of hydrogen-bond acceptors (Lipinski definition) is 5. The smallest absolute Gasteiger partial charge is 0.325 e. The fraction of sp³-hybridized carbons (Fsp3) is 0.273. The number of carboxylic acid groups (broad SMARTS) is 1. The van der Waals surface area contributed by atoms with E-state index in [2.05, 4.69) is 15.6 Å². The average Bonchev–Trinajstić information content (AvgIpc) is 3.00. The van der Waals surface area contributed by atoms with E-state index < -0.39 is 17.9 Å². The Morgan fingerprint density at radius 3 is 3.00 bits per heavy atom. The van der Waals surface area contributed by atoms with Crippen LogP contribution >= 0.6 is 11.3 Å². The molecule has 1 atom stereocenters. The molecular formula is C11H12N4O3S. The summed E-state index contributed by atoms with van der Waals surface area (Å²) >= 11 is 1.58. The van der Waals surface area contributed by atoms with E-state index in [1.54, 1.807) is 11.3 Å². The Labute approximate surface area is 112 Å². The van der Waals surface area contributed by atoms with Crippen molar-refractivity contribution in [2.75, 3.05) is 0 Å². The van der Waals surface area contributed by atoms with Crippen LogP contribution < -0.4 is 5.32 Å². The molecule has 0 fully saturated rings. The first kappa shape index (κ1) is 13.2. The Kier molecular flexibility index (Phi) is 3.91. The molecule has 2 N–H and O–H groups in total. The molecule has 0 saturated heterocycles. The molecule has 0 aliphatic carbocycles. The van der Waals surface area contributed by atoms with Crippen molar-refractivity contribution >= 4 is 23.2 Å². The van der Waals surface area contributed by atoms with Gasteiger partial charge in [0.2, 0.25) is 0 Å². The Morgan fingerprint density at radius 1 is 1.58 bits per heavy atom. The molecule has 100 valence electrons. The van der Waals surface area contributed by atoms with Gasteiger partial charge >= 0.3 is 5.97 Å². The molecule has 19 heavy (non-hydrogen) atoms. The van der Waals surface area contributed by atoms with Crippen LogP contribution in [0.3, 0.4) is 0 Å². The molecule has 2 aromatic rings. The van der Waals surface area contributed by atoms with Gasteiger partial charge in [-0.05, 0) is 18.4 Å². The zero-order valence-corrected chi connectivity index (χ0v) is 10.9. The number of aliphatic carboxylic acids is 1. The van der Waals surface area contributed by atoms with Crippen molar-refractivity contribution in [2.45, 2.75) is 19.5 Å². The number of aromatic nitrogens is 3. The first-order valence-corrected chi connectivity index (χ1v) is 6.40. The summed E-state index contributed by atoms with van der Waals surface area (Å²) in [7, 11) is 0. The molecule has 1 amide bonds. The number of carboxylic acids is 1. The van der Waals surface area contributed by atoms with Crippen molar-refractivity contribution in [1.29, 1.82) is 0 Å². The van der Waals surface area contributed by atoms with Crippen LogP contribution in [0.25, 0.3) is 0 Å².